The lowest BCUT2D eigenvalue weighted by molar-refractivity contribution is 0.102. The van der Waals surface area contributed by atoms with Crippen molar-refractivity contribution in [1.82, 2.24) is 14.9 Å². The number of hydrogen-bond donors (Lipinski definition) is 2. The maximum absolute atomic E-state index is 12.9. The second-order valence-electron chi connectivity index (χ2n) is 9.20. The Labute approximate surface area is 216 Å². The Kier molecular flexibility index (Phi) is 7.67. The first-order valence-corrected chi connectivity index (χ1v) is 12.6. The standard InChI is InChI=1S/C29H32N4O4/c1-33-14-10-23-17-27(26(19-25(23)33)36-16-15-35-2)37-24-9-13-31-28(18-24)32-29(34)22-5-3-20(4-6-22)21-7-11-30-12-8-21/h3-6,9-10,13-14,17-19,21,30H,7-8,11-12,15-16H2,1-2H3,(H,31,32,34). The van der Waals surface area contributed by atoms with Crippen molar-refractivity contribution in [3.05, 3.63) is 78.1 Å². The molecular formula is C29H32N4O4. The molecule has 0 aliphatic carbocycles. The van der Waals surface area contributed by atoms with Crippen LogP contribution in [0.4, 0.5) is 5.82 Å². The fourth-order valence-corrected chi connectivity index (χ4v) is 4.62. The molecule has 0 bridgehead atoms. The molecule has 0 saturated carbocycles. The van der Waals surface area contributed by atoms with E-state index in [0.29, 0.717) is 47.8 Å². The fraction of sp³-hybridized carbons (Fsp3) is 0.310. The molecule has 1 fully saturated rings. The van der Waals surface area contributed by atoms with Gasteiger partial charge in [0.15, 0.2) is 11.5 Å². The molecule has 2 N–H and O–H groups in total. The van der Waals surface area contributed by atoms with Crippen LogP contribution in [0.1, 0.15) is 34.7 Å². The van der Waals surface area contributed by atoms with Crippen LogP contribution in [0.2, 0.25) is 0 Å². The molecule has 1 amide bonds. The van der Waals surface area contributed by atoms with E-state index >= 15 is 0 Å². The van der Waals surface area contributed by atoms with Crippen LogP contribution in [0.5, 0.6) is 17.2 Å². The molecule has 4 aromatic rings. The first kappa shape index (κ1) is 24.8. The third-order valence-electron chi connectivity index (χ3n) is 6.68. The van der Waals surface area contributed by atoms with Crippen LogP contribution in [0.15, 0.2) is 67.0 Å². The number of carbonyl (C=O) groups excluding carboxylic acids is 1. The lowest BCUT2D eigenvalue weighted by Gasteiger charge is -2.23. The van der Waals surface area contributed by atoms with Crippen LogP contribution in [0.25, 0.3) is 10.9 Å². The fourth-order valence-electron chi connectivity index (χ4n) is 4.62. The van der Waals surface area contributed by atoms with Crippen LogP contribution in [-0.2, 0) is 11.8 Å². The number of nitrogens with one attached hydrogen (secondary N) is 2. The summed E-state index contributed by atoms with van der Waals surface area (Å²) in [5, 5.41) is 7.31. The number of carbonyl (C=O) groups is 1. The number of hydrogen-bond acceptors (Lipinski definition) is 6. The number of anilines is 1. The van der Waals surface area contributed by atoms with E-state index in [-0.39, 0.29) is 5.91 Å². The number of methoxy groups -OCH3 is 1. The van der Waals surface area contributed by atoms with Gasteiger partial charge in [0.25, 0.3) is 5.91 Å². The van der Waals surface area contributed by atoms with Gasteiger partial charge in [0.1, 0.15) is 18.2 Å². The first-order chi connectivity index (χ1) is 18.1. The molecule has 5 rings (SSSR count). The van der Waals surface area contributed by atoms with Gasteiger partial charge in [-0.05, 0) is 67.7 Å². The molecule has 2 aromatic carbocycles. The minimum atomic E-state index is -0.212. The summed E-state index contributed by atoms with van der Waals surface area (Å²) in [6, 6.07) is 17.3. The monoisotopic (exact) mass is 500 g/mol. The number of nitrogens with zero attached hydrogens (tertiary/aromatic N) is 2. The predicted octanol–water partition coefficient (Wildman–Crippen LogP) is 5.11. The van der Waals surface area contributed by atoms with Crippen molar-refractivity contribution in [3.8, 4) is 17.2 Å². The van der Waals surface area contributed by atoms with Crippen molar-refractivity contribution in [1.29, 1.82) is 0 Å². The smallest absolute Gasteiger partial charge is 0.256 e. The number of aryl methyl sites for hydroxylation is 1. The van der Waals surface area contributed by atoms with E-state index in [9.17, 15) is 4.79 Å². The normalized spacial score (nSPS) is 14.0. The Bertz CT molecular complexity index is 1360. The van der Waals surface area contributed by atoms with Crippen molar-refractivity contribution >= 4 is 22.6 Å². The number of fused-ring (bicyclic) bond motifs is 1. The average Bonchev–Trinajstić information content (AvgIpc) is 3.29. The summed E-state index contributed by atoms with van der Waals surface area (Å²) in [4.78, 5) is 17.2. The van der Waals surface area contributed by atoms with Gasteiger partial charge >= 0.3 is 0 Å². The topological polar surface area (TPSA) is 86.6 Å². The predicted molar refractivity (Wildman–Crippen MR) is 144 cm³/mol. The minimum absolute atomic E-state index is 0.212. The molecule has 1 saturated heterocycles. The second kappa shape index (κ2) is 11.5. The van der Waals surface area contributed by atoms with E-state index in [1.54, 1.807) is 25.4 Å². The SMILES string of the molecule is COCCOc1cc2c(ccn2C)cc1Oc1ccnc(NC(=O)c2ccc(C3CCNCC3)cc2)c1. The molecule has 0 radical (unpaired) electrons. The molecule has 8 nitrogen and oxygen atoms in total. The van der Waals surface area contributed by atoms with Gasteiger partial charge in [-0.25, -0.2) is 4.98 Å². The summed E-state index contributed by atoms with van der Waals surface area (Å²) in [6.45, 7) is 2.94. The lowest BCUT2D eigenvalue weighted by atomic mass is 9.90. The van der Waals surface area contributed by atoms with Crippen molar-refractivity contribution in [2.45, 2.75) is 18.8 Å². The number of rotatable bonds is 9. The van der Waals surface area contributed by atoms with Gasteiger partial charge in [0.2, 0.25) is 0 Å². The first-order valence-electron chi connectivity index (χ1n) is 12.6. The highest BCUT2D eigenvalue weighted by molar-refractivity contribution is 6.03. The average molecular weight is 501 g/mol. The summed E-state index contributed by atoms with van der Waals surface area (Å²) in [6.07, 6.45) is 5.85. The summed E-state index contributed by atoms with van der Waals surface area (Å²) in [5.41, 5.74) is 2.91. The quantitative estimate of drug-likeness (QED) is 0.311. The zero-order valence-electron chi connectivity index (χ0n) is 21.2. The van der Waals surface area contributed by atoms with Gasteiger partial charge in [-0.1, -0.05) is 12.1 Å². The van der Waals surface area contributed by atoms with Crippen molar-refractivity contribution in [3.63, 3.8) is 0 Å². The lowest BCUT2D eigenvalue weighted by Crippen LogP contribution is -2.26. The van der Waals surface area contributed by atoms with E-state index in [0.717, 1.165) is 36.8 Å². The van der Waals surface area contributed by atoms with Crippen molar-refractivity contribution in [2.75, 3.05) is 38.7 Å². The number of piperidine rings is 1. The Morgan fingerprint density at radius 1 is 1.05 bits per heavy atom. The Hall–Kier alpha value is -3.88. The van der Waals surface area contributed by atoms with Crippen LogP contribution < -0.4 is 20.1 Å². The minimum Gasteiger partial charge on any atom is -0.487 e. The number of amides is 1. The zero-order valence-corrected chi connectivity index (χ0v) is 21.2. The maximum Gasteiger partial charge on any atom is 0.256 e. The second-order valence-corrected chi connectivity index (χ2v) is 9.20. The summed E-state index contributed by atoms with van der Waals surface area (Å²) < 4.78 is 19.3. The molecule has 0 unspecified atom stereocenters. The van der Waals surface area contributed by atoms with Gasteiger partial charge in [0, 0.05) is 49.6 Å². The largest absolute Gasteiger partial charge is 0.487 e. The molecule has 1 aliphatic rings. The van der Waals surface area contributed by atoms with Gasteiger partial charge in [-0.3, -0.25) is 4.79 Å². The molecule has 37 heavy (non-hydrogen) atoms. The Balaban J connectivity index is 1.30. The zero-order chi connectivity index (χ0) is 25.6. The van der Waals surface area contributed by atoms with E-state index in [4.69, 9.17) is 14.2 Å². The number of ether oxygens (including phenoxy) is 3. The van der Waals surface area contributed by atoms with E-state index in [1.807, 2.05) is 48.1 Å². The van der Waals surface area contributed by atoms with E-state index < -0.39 is 0 Å². The van der Waals surface area contributed by atoms with Crippen LogP contribution >= 0.6 is 0 Å². The third-order valence-corrected chi connectivity index (χ3v) is 6.68. The molecule has 192 valence electrons. The molecule has 3 heterocycles. The van der Waals surface area contributed by atoms with Gasteiger partial charge in [-0.2, -0.15) is 0 Å². The highest BCUT2D eigenvalue weighted by atomic mass is 16.5. The van der Waals surface area contributed by atoms with Crippen LogP contribution in [0, 0.1) is 0 Å². The molecule has 2 aromatic heterocycles. The number of aromatic nitrogens is 2. The van der Waals surface area contributed by atoms with Crippen LogP contribution in [0.3, 0.4) is 0 Å². The molecule has 0 atom stereocenters. The Morgan fingerprint density at radius 3 is 2.65 bits per heavy atom. The number of pyridine rings is 1. The highest BCUT2D eigenvalue weighted by Gasteiger charge is 2.16. The van der Waals surface area contributed by atoms with E-state index in [1.165, 1.54) is 5.56 Å². The summed E-state index contributed by atoms with van der Waals surface area (Å²) in [5.74, 6) is 2.48. The molecule has 0 spiro atoms. The third kappa shape index (κ3) is 5.93. The van der Waals surface area contributed by atoms with Gasteiger partial charge in [0.05, 0.1) is 12.1 Å². The summed E-state index contributed by atoms with van der Waals surface area (Å²) in [7, 11) is 3.62. The van der Waals surface area contributed by atoms with Gasteiger partial charge < -0.3 is 29.4 Å². The highest BCUT2D eigenvalue weighted by Crippen LogP contribution is 2.36. The molecule has 8 heteroatoms. The van der Waals surface area contributed by atoms with Crippen molar-refractivity contribution in [2.24, 2.45) is 7.05 Å². The Morgan fingerprint density at radius 2 is 1.86 bits per heavy atom. The molecule has 1 aliphatic heterocycles. The van der Waals surface area contributed by atoms with E-state index in [2.05, 4.69) is 27.8 Å². The maximum atomic E-state index is 12.9. The number of benzene rings is 2. The van der Waals surface area contributed by atoms with Crippen LogP contribution in [-0.4, -0.2) is 48.9 Å². The van der Waals surface area contributed by atoms with Crippen molar-refractivity contribution < 1.29 is 19.0 Å². The van der Waals surface area contributed by atoms with Gasteiger partial charge in [-0.15, -0.1) is 0 Å². The molecular weight excluding hydrogens is 468 g/mol. The summed E-state index contributed by atoms with van der Waals surface area (Å²) >= 11 is 0.